The predicted octanol–water partition coefficient (Wildman–Crippen LogP) is 6.25. The molecule has 1 atom stereocenters. The van der Waals surface area contributed by atoms with Crippen LogP contribution in [-0.2, 0) is 17.6 Å². The lowest BCUT2D eigenvalue weighted by Gasteiger charge is -2.13. The molecule has 0 saturated heterocycles. The number of ketones is 1. The highest BCUT2D eigenvalue weighted by atomic mass is 32.2. The van der Waals surface area contributed by atoms with Crippen molar-refractivity contribution in [1.29, 1.82) is 0 Å². The minimum Gasteiger partial charge on any atom is -0.298 e. The molecule has 0 N–H and O–H groups in total. The monoisotopic (exact) mass is 438 g/mol. The molecule has 0 aromatic heterocycles. The van der Waals surface area contributed by atoms with Crippen LogP contribution < -0.4 is 0 Å². The SMILES string of the molecule is CCC1C(SCC(=O)Cc2ccc3c(c2)Cc2ccccc2-3)=NN=C1c1ccc(C)cc1. The quantitative estimate of drug-likeness (QED) is 0.357. The topological polar surface area (TPSA) is 41.8 Å². The molecule has 32 heavy (non-hydrogen) atoms. The van der Waals surface area contributed by atoms with Gasteiger partial charge in [0.1, 0.15) is 10.8 Å². The average Bonchev–Trinajstić information content (AvgIpc) is 3.38. The van der Waals surface area contributed by atoms with Gasteiger partial charge in [0.2, 0.25) is 0 Å². The van der Waals surface area contributed by atoms with Crippen LogP contribution in [-0.4, -0.2) is 22.3 Å². The number of aryl methyl sites for hydroxylation is 1. The summed E-state index contributed by atoms with van der Waals surface area (Å²) in [4.78, 5) is 12.8. The van der Waals surface area contributed by atoms with E-state index < -0.39 is 0 Å². The highest BCUT2D eigenvalue weighted by molar-refractivity contribution is 8.14. The van der Waals surface area contributed by atoms with Gasteiger partial charge in [-0.3, -0.25) is 4.79 Å². The Balaban J connectivity index is 1.20. The molecule has 160 valence electrons. The number of hydrogen-bond acceptors (Lipinski definition) is 4. The Morgan fingerprint density at radius 3 is 2.56 bits per heavy atom. The van der Waals surface area contributed by atoms with E-state index in [0.29, 0.717) is 12.2 Å². The van der Waals surface area contributed by atoms with Crippen molar-refractivity contribution in [2.24, 2.45) is 16.1 Å². The van der Waals surface area contributed by atoms with Crippen molar-refractivity contribution in [2.45, 2.75) is 33.1 Å². The fourth-order valence-corrected chi connectivity index (χ4v) is 5.57. The van der Waals surface area contributed by atoms with Crippen LogP contribution in [0.2, 0.25) is 0 Å². The van der Waals surface area contributed by atoms with Crippen molar-refractivity contribution in [2.75, 3.05) is 5.75 Å². The van der Waals surface area contributed by atoms with Crippen LogP contribution in [0, 0.1) is 12.8 Å². The lowest BCUT2D eigenvalue weighted by atomic mass is 9.95. The lowest BCUT2D eigenvalue weighted by Crippen LogP contribution is -2.19. The van der Waals surface area contributed by atoms with Gasteiger partial charge in [0.15, 0.2) is 0 Å². The number of Topliss-reactive ketones (excluding diaryl/α,β-unsaturated/α-hetero) is 1. The second kappa shape index (κ2) is 8.87. The minimum absolute atomic E-state index is 0.175. The zero-order chi connectivity index (χ0) is 22.1. The van der Waals surface area contributed by atoms with Crippen LogP contribution in [0.1, 0.15) is 41.2 Å². The van der Waals surface area contributed by atoms with Crippen LogP contribution >= 0.6 is 11.8 Å². The molecule has 0 saturated carbocycles. The molecular weight excluding hydrogens is 412 g/mol. The maximum Gasteiger partial charge on any atom is 0.147 e. The maximum atomic E-state index is 12.8. The minimum atomic E-state index is 0.175. The van der Waals surface area contributed by atoms with Gasteiger partial charge < -0.3 is 0 Å². The summed E-state index contributed by atoms with van der Waals surface area (Å²) >= 11 is 1.55. The number of thioether (sulfide) groups is 1. The Morgan fingerprint density at radius 1 is 0.969 bits per heavy atom. The number of carbonyl (C=O) groups is 1. The molecule has 0 amide bonds. The van der Waals surface area contributed by atoms with E-state index in [-0.39, 0.29) is 11.7 Å². The van der Waals surface area contributed by atoms with Gasteiger partial charge in [0.25, 0.3) is 0 Å². The van der Waals surface area contributed by atoms with Crippen molar-refractivity contribution >= 4 is 28.3 Å². The van der Waals surface area contributed by atoms with Crippen LogP contribution in [0.4, 0.5) is 0 Å². The highest BCUT2D eigenvalue weighted by Gasteiger charge is 2.28. The highest BCUT2D eigenvalue weighted by Crippen LogP contribution is 2.37. The first-order valence-corrected chi connectivity index (χ1v) is 12.2. The first-order chi connectivity index (χ1) is 15.6. The summed E-state index contributed by atoms with van der Waals surface area (Å²) in [6.07, 6.45) is 2.35. The Morgan fingerprint density at radius 2 is 1.75 bits per heavy atom. The van der Waals surface area contributed by atoms with Crippen molar-refractivity contribution in [3.8, 4) is 11.1 Å². The second-order valence-electron chi connectivity index (χ2n) is 8.58. The summed E-state index contributed by atoms with van der Waals surface area (Å²) in [5.74, 6) is 0.837. The smallest absolute Gasteiger partial charge is 0.147 e. The van der Waals surface area contributed by atoms with E-state index in [4.69, 9.17) is 0 Å². The number of hydrogen-bond donors (Lipinski definition) is 0. The van der Waals surface area contributed by atoms with Gasteiger partial charge in [-0.05, 0) is 53.1 Å². The molecule has 3 aromatic carbocycles. The molecule has 3 nitrogen and oxygen atoms in total. The normalized spacial score (nSPS) is 16.4. The van der Waals surface area contributed by atoms with E-state index in [2.05, 4.69) is 90.8 Å². The zero-order valence-electron chi connectivity index (χ0n) is 18.5. The van der Waals surface area contributed by atoms with E-state index >= 15 is 0 Å². The summed E-state index contributed by atoms with van der Waals surface area (Å²) in [5.41, 5.74) is 9.79. The standard InChI is InChI=1S/C28H26N2OS/c1-3-24-27(20-11-8-18(2)9-12-20)29-30-28(24)32-17-23(31)15-19-10-13-26-22(14-19)16-21-6-4-5-7-25(21)26/h4-14,24H,3,15-17H2,1-2H3. The predicted molar refractivity (Wildman–Crippen MR) is 135 cm³/mol. The lowest BCUT2D eigenvalue weighted by molar-refractivity contribution is -0.115. The summed E-state index contributed by atoms with van der Waals surface area (Å²) in [6, 6.07) is 23.5. The average molecular weight is 439 g/mol. The van der Waals surface area contributed by atoms with E-state index in [0.717, 1.165) is 34.7 Å². The van der Waals surface area contributed by atoms with Gasteiger partial charge in [0.05, 0.1) is 17.4 Å². The largest absolute Gasteiger partial charge is 0.298 e. The number of carbonyl (C=O) groups excluding carboxylic acids is 1. The molecule has 0 radical (unpaired) electrons. The van der Waals surface area contributed by atoms with Crippen LogP contribution in [0.15, 0.2) is 76.9 Å². The Bertz CT molecular complexity index is 1240. The molecule has 1 aliphatic heterocycles. The van der Waals surface area contributed by atoms with Crippen LogP contribution in [0.5, 0.6) is 0 Å². The number of nitrogens with zero attached hydrogens (tertiary/aromatic N) is 2. The van der Waals surface area contributed by atoms with E-state index in [9.17, 15) is 4.79 Å². The third kappa shape index (κ3) is 4.07. The first kappa shape index (κ1) is 20.9. The van der Waals surface area contributed by atoms with Gasteiger partial charge in [-0.15, -0.1) is 16.9 Å². The van der Waals surface area contributed by atoms with Crippen molar-refractivity contribution < 1.29 is 4.79 Å². The Hall–Kier alpha value is -2.98. The molecule has 2 aliphatic rings. The number of fused-ring (bicyclic) bond motifs is 3. The van der Waals surface area contributed by atoms with E-state index in [1.54, 1.807) is 11.8 Å². The third-order valence-corrected chi connectivity index (χ3v) is 7.41. The fourth-order valence-electron chi connectivity index (χ4n) is 4.58. The first-order valence-electron chi connectivity index (χ1n) is 11.2. The van der Waals surface area contributed by atoms with Gasteiger partial charge in [-0.25, -0.2) is 0 Å². The molecule has 1 heterocycles. The van der Waals surface area contributed by atoms with E-state index in [1.807, 2.05) is 0 Å². The van der Waals surface area contributed by atoms with Crippen molar-refractivity contribution in [3.05, 3.63) is 94.5 Å². The second-order valence-corrected chi connectivity index (χ2v) is 9.58. The van der Waals surface area contributed by atoms with Crippen LogP contribution in [0.25, 0.3) is 11.1 Å². The fraction of sp³-hybridized carbons (Fsp3) is 0.250. The van der Waals surface area contributed by atoms with Gasteiger partial charge in [-0.1, -0.05) is 79.2 Å². The number of rotatable bonds is 6. The van der Waals surface area contributed by atoms with Crippen LogP contribution in [0.3, 0.4) is 0 Å². The Labute approximate surface area is 193 Å². The molecule has 5 rings (SSSR count). The summed E-state index contributed by atoms with van der Waals surface area (Å²) < 4.78 is 0. The third-order valence-electron chi connectivity index (χ3n) is 6.28. The number of benzene rings is 3. The van der Waals surface area contributed by atoms with Crippen molar-refractivity contribution in [1.82, 2.24) is 0 Å². The maximum absolute atomic E-state index is 12.8. The molecule has 1 unspecified atom stereocenters. The summed E-state index contributed by atoms with van der Waals surface area (Å²) in [6.45, 7) is 4.24. The van der Waals surface area contributed by atoms with Gasteiger partial charge >= 0.3 is 0 Å². The molecule has 1 aliphatic carbocycles. The molecular formula is C28H26N2OS. The van der Waals surface area contributed by atoms with Gasteiger partial charge in [0, 0.05) is 6.42 Å². The zero-order valence-corrected chi connectivity index (χ0v) is 19.3. The molecule has 0 fully saturated rings. The molecule has 3 aromatic rings. The van der Waals surface area contributed by atoms with Crippen molar-refractivity contribution in [3.63, 3.8) is 0 Å². The molecule has 4 heteroatoms. The van der Waals surface area contributed by atoms with Gasteiger partial charge in [-0.2, -0.15) is 5.10 Å². The Kier molecular flexibility index (Phi) is 5.79. The molecule has 0 bridgehead atoms. The molecule has 0 spiro atoms. The van der Waals surface area contributed by atoms with E-state index in [1.165, 1.54) is 27.8 Å². The summed E-state index contributed by atoms with van der Waals surface area (Å²) in [7, 11) is 0. The summed E-state index contributed by atoms with van der Waals surface area (Å²) in [5, 5.41) is 9.85.